The second kappa shape index (κ2) is 3.40. The van der Waals surface area contributed by atoms with E-state index in [0.29, 0.717) is 12.7 Å². The highest BCUT2D eigenvalue weighted by Gasteiger charge is 2.26. The van der Waals surface area contributed by atoms with Crippen molar-refractivity contribution in [3.8, 4) is 11.5 Å². The summed E-state index contributed by atoms with van der Waals surface area (Å²) < 4.78 is 10.6. The minimum atomic E-state index is 0.199. The van der Waals surface area contributed by atoms with Crippen molar-refractivity contribution < 1.29 is 9.47 Å². The maximum Gasteiger partial charge on any atom is 0.231 e. The number of benzene rings is 1. The van der Waals surface area contributed by atoms with Gasteiger partial charge in [-0.3, -0.25) is 0 Å². The summed E-state index contributed by atoms with van der Waals surface area (Å²) in [7, 11) is 0. The molecule has 2 aliphatic rings. The monoisotopic (exact) mass is 206 g/mol. The molecule has 1 aromatic carbocycles. The summed E-state index contributed by atoms with van der Waals surface area (Å²) >= 11 is 0. The van der Waals surface area contributed by atoms with E-state index >= 15 is 0 Å². The summed E-state index contributed by atoms with van der Waals surface area (Å²) in [6.07, 6.45) is 0. The number of hydrogen-bond donors (Lipinski definition) is 2. The van der Waals surface area contributed by atoms with Crippen LogP contribution < -0.4 is 20.5 Å². The summed E-state index contributed by atoms with van der Waals surface area (Å²) in [5.74, 6) is 2.06. The van der Waals surface area contributed by atoms with Gasteiger partial charge in [-0.1, -0.05) is 6.07 Å². The smallest absolute Gasteiger partial charge is 0.231 e. The largest absolute Gasteiger partial charge is 0.454 e. The van der Waals surface area contributed by atoms with E-state index in [1.807, 2.05) is 12.1 Å². The number of nitrogens with one attached hydrogen (secondary N) is 1. The van der Waals surface area contributed by atoms with Gasteiger partial charge in [0.2, 0.25) is 6.79 Å². The van der Waals surface area contributed by atoms with E-state index in [1.54, 1.807) is 0 Å². The topological polar surface area (TPSA) is 56.5 Å². The van der Waals surface area contributed by atoms with Crippen LogP contribution in [-0.2, 0) is 0 Å². The molecule has 4 nitrogen and oxygen atoms in total. The fourth-order valence-corrected chi connectivity index (χ4v) is 2.21. The molecule has 4 heteroatoms. The van der Waals surface area contributed by atoms with Gasteiger partial charge >= 0.3 is 0 Å². The normalized spacial score (nSPS) is 28.3. The Morgan fingerprint density at radius 3 is 2.87 bits per heavy atom. The molecule has 3 rings (SSSR count). The lowest BCUT2D eigenvalue weighted by molar-refractivity contribution is 0.174. The number of ether oxygens (including phenoxy) is 2. The molecule has 0 aliphatic carbocycles. The maximum atomic E-state index is 6.02. The highest BCUT2D eigenvalue weighted by Crippen LogP contribution is 2.35. The first kappa shape index (κ1) is 9.00. The van der Waals surface area contributed by atoms with Gasteiger partial charge in [0.25, 0.3) is 0 Å². The average Bonchev–Trinajstić information content (AvgIpc) is 2.84. The quantitative estimate of drug-likeness (QED) is 0.699. The second-order valence-corrected chi connectivity index (χ2v) is 4.04. The maximum absolute atomic E-state index is 6.02. The van der Waals surface area contributed by atoms with E-state index in [2.05, 4.69) is 11.4 Å². The van der Waals surface area contributed by atoms with Crippen molar-refractivity contribution in [2.45, 2.75) is 12.0 Å². The van der Waals surface area contributed by atoms with Crippen molar-refractivity contribution in [3.05, 3.63) is 23.8 Å². The van der Waals surface area contributed by atoms with Gasteiger partial charge in [-0.15, -0.1) is 0 Å². The first-order chi connectivity index (χ1) is 7.34. The Morgan fingerprint density at radius 2 is 2.07 bits per heavy atom. The molecule has 0 saturated carbocycles. The fraction of sp³-hybridized carbons (Fsp3) is 0.455. The van der Waals surface area contributed by atoms with Gasteiger partial charge < -0.3 is 20.5 Å². The van der Waals surface area contributed by atoms with E-state index < -0.39 is 0 Å². The molecule has 0 amide bonds. The number of hydrogen-bond acceptors (Lipinski definition) is 4. The molecule has 2 unspecified atom stereocenters. The highest BCUT2D eigenvalue weighted by molar-refractivity contribution is 5.46. The van der Waals surface area contributed by atoms with Crippen molar-refractivity contribution in [1.29, 1.82) is 0 Å². The van der Waals surface area contributed by atoms with Gasteiger partial charge in [-0.05, 0) is 17.7 Å². The lowest BCUT2D eigenvalue weighted by atomic mass is 9.95. The van der Waals surface area contributed by atoms with Crippen LogP contribution in [0.4, 0.5) is 0 Å². The second-order valence-electron chi connectivity index (χ2n) is 4.04. The lowest BCUT2D eigenvalue weighted by Gasteiger charge is -2.14. The van der Waals surface area contributed by atoms with E-state index in [4.69, 9.17) is 15.2 Å². The average molecular weight is 206 g/mol. The molecule has 0 aromatic heterocycles. The van der Waals surface area contributed by atoms with Crippen LogP contribution in [0.2, 0.25) is 0 Å². The molecule has 80 valence electrons. The molecule has 15 heavy (non-hydrogen) atoms. The van der Waals surface area contributed by atoms with Crippen molar-refractivity contribution in [3.63, 3.8) is 0 Å². The van der Waals surface area contributed by atoms with Gasteiger partial charge in [-0.2, -0.15) is 0 Å². The molecule has 3 N–H and O–H groups in total. The summed E-state index contributed by atoms with van der Waals surface area (Å²) in [5.41, 5.74) is 7.25. The Kier molecular flexibility index (Phi) is 2.04. The molecular formula is C11H14N2O2. The standard InChI is InChI=1S/C11H14N2O2/c12-9-5-13-4-8(9)7-1-2-10-11(3-7)15-6-14-10/h1-3,8-9,13H,4-6,12H2. The Hall–Kier alpha value is -1.26. The van der Waals surface area contributed by atoms with Crippen molar-refractivity contribution >= 4 is 0 Å². The fourth-order valence-electron chi connectivity index (χ4n) is 2.21. The van der Waals surface area contributed by atoms with E-state index in [9.17, 15) is 0 Å². The molecule has 1 saturated heterocycles. The van der Waals surface area contributed by atoms with Gasteiger partial charge in [0, 0.05) is 25.0 Å². The van der Waals surface area contributed by atoms with E-state index in [1.165, 1.54) is 5.56 Å². The number of rotatable bonds is 1. The SMILES string of the molecule is NC1CNCC1c1ccc2c(c1)OCO2. The van der Waals surface area contributed by atoms with Crippen molar-refractivity contribution in [2.24, 2.45) is 5.73 Å². The van der Waals surface area contributed by atoms with Crippen LogP contribution in [-0.4, -0.2) is 25.9 Å². The molecule has 1 aromatic rings. The predicted molar refractivity (Wildman–Crippen MR) is 56.2 cm³/mol. The van der Waals surface area contributed by atoms with Crippen molar-refractivity contribution in [1.82, 2.24) is 5.32 Å². The van der Waals surface area contributed by atoms with E-state index in [-0.39, 0.29) is 6.04 Å². The zero-order chi connectivity index (χ0) is 10.3. The van der Waals surface area contributed by atoms with Crippen LogP contribution in [0, 0.1) is 0 Å². The van der Waals surface area contributed by atoms with Crippen molar-refractivity contribution in [2.75, 3.05) is 19.9 Å². The zero-order valence-electron chi connectivity index (χ0n) is 8.40. The lowest BCUT2D eigenvalue weighted by Crippen LogP contribution is -2.27. The van der Waals surface area contributed by atoms with Gasteiger partial charge in [0.05, 0.1) is 0 Å². The van der Waals surface area contributed by atoms with Gasteiger partial charge in [-0.25, -0.2) is 0 Å². The first-order valence-corrected chi connectivity index (χ1v) is 5.20. The van der Waals surface area contributed by atoms with Crippen LogP contribution >= 0.6 is 0 Å². The summed E-state index contributed by atoms with van der Waals surface area (Å²) in [4.78, 5) is 0. The van der Waals surface area contributed by atoms with Gasteiger partial charge in [0.1, 0.15) is 0 Å². The molecule has 2 aliphatic heterocycles. The molecule has 0 bridgehead atoms. The van der Waals surface area contributed by atoms with E-state index in [0.717, 1.165) is 24.6 Å². The van der Waals surface area contributed by atoms with Crippen LogP contribution in [0.3, 0.4) is 0 Å². The highest BCUT2D eigenvalue weighted by atomic mass is 16.7. The van der Waals surface area contributed by atoms with Crippen LogP contribution in [0.5, 0.6) is 11.5 Å². The third-order valence-electron chi connectivity index (χ3n) is 3.09. The Labute approximate surface area is 88.4 Å². The first-order valence-electron chi connectivity index (χ1n) is 5.20. The van der Waals surface area contributed by atoms with Crippen LogP contribution in [0.1, 0.15) is 11.5 Å². The number of fused-ring (bicyclic) bond motifs is 1. The summed E-state index contributed by atoms with van der Waals surface area (Å²) in [5, 5.41) is 3.29. The summed E-state index contributed by atoms with van der Waals surface area (Å²) in [6, 6.07) is 6.28. The summed E-state index contributed by atoms with van der Waals surface area (Å²) in [6.45, 7) is 2.16. The molecule has 0 spiro atoms. The Bertz CT molecular complexity index is 381. The molecule has 0 radical (unpaired) electrons. The Morgan fingerprint density at radius 1 is 1.20 bits per heavy atom. The van der Waals surface area contributed by atoms with Crippen LogP contribution in [0.25, 0.3) is 0 Å². The minimum absolute atomic E-state index is 0.199. The number of nitrogens with two attached hydrogens (primary N) is 1. The molecular weight excluding hydrogens is 192 g/mol. The predicted octanol–water partition coefficient (Wildman–Crippen LogP) is 0.429. The minimum Gasteiger partial charge on any atom is -0.454 e. The van der Waals surface area contributed by atoms with Gasteiger partial charge in [0.15, 0.2) is 11.5 Å². The zero-order valence-corrected chi connectivity index (χ0v) is 8.40. The third-order valence-corrected chi connectivity index (χ3v) is 3.09. The van der Waals surface area contributed by atoms with Crippen LogP contribution in [0.15, 0.2) is 18.2 Å². The Balaban J connectivity index is 1.92. The molecule has 2 heterocycles. The third kappa shape index (κ3) is 1.46. The molecule has 1 fully saturated rings. The molecule has 2 atom stereocenters.